The van der Waals surface area contributed by atoms with Gasteiger partial charge in [-0.25, -0.2) is 9.78 Å². The number of carbonyl (C=O) groups is 2. The van der Waals surface area contributed by atoms with E-state index >= 15 is 0 Å². The van der Waals surface area contributed by atoms with Gasteiger partial charge in [0.1, 0.15) is 5.75 Å². The van der Waals surface area contributed by atoms with Crippen LogP contribution in [0.3, 0.4) is 0 Å². The van der Waals surface area contributed by atoms with Crippen molar-refractivity contribution in [1.82, 2.24) is 20.2 Å². The molecule has 2 N–H and O–H groups in total. The Hall–Kier alpha value is -2.48. The molecular weight excluding hydrogens is 304 g/mol. The molecule has 0 fully saturated rings. The van der Waals surface area contributed by atoms with Crippen LogP contribution in [0.4, 0.5) is 4.79 Å². The molecule has 0 atom stereocenters. The van der Waals surface area contributed by atoms with Crippen molar-refractivity contribution in [3.05, 3.63) is 36.7 Å². The topological polar surface area (TPSA) is 85.3 Å². The number of benzene rings is 1. The molecule has 1 aromatic heterocycles. The average molecular weight is 320 g/mol. The molecule has 22 heavy (non-hydrogen) atoms. The number of imidazole rings is 1. The quantitative estimate of drug-likeness (QED) is 0.814. The number of ether oxygens (including phenoxy) is 1. The van der Waals surface area contributed by atoms with Crippen LogP contribution in [0.15, 0.2) is 41.8 Å². The second-order valence-electron chi connectivity index (χ2n) is 4.17. The van der Waals surface area contributed by atoms with Crippen molar-refractivity contribution in [3.63, 3.8) is 0 Å². The highest BCUT2D eigenvalue weighted by Crippen LogP contribution is 2.26. The predicted molar refractivity (Wildman–Crippen MR) is 83.4 cm³/mol. The molecule has 0 aliphatic carbocycles. The molecule has 116 valence electrons. The van der Waals surface area contributed by atoms with Gasteiger partial charge in [0.2, 0.25) is 5.91 Å². The van der Waals surface area contributed by atoms with E-state index in [0.717, 1.165) is 5.69 Å². The van der Waals surface area contributed by atoms with Gasteiger partial charge in [-0.2, -0.15) is 0 Å². The fourth-order valence-electron chi connectivity index (χ4n) is 1.76. The number of thioether (sulfide) groups is 1. The fraction of sp³-hybridized carbons (Fsp3) is 0.214. The summed E-state index contributed by atoms with van der Waals surface area (Å²) >= 11 is 1.23. The molecule has 0 bridgehead atoms. The van der Waals surface area contributed by atoms with Crippen LogP contribution in [0.25, 0.3) is 5.69 Å². The lowest BCUT2D eigenvalue weighted by Gasteiger charge is -2.11. The molecule has 0 aliphatic heterocycles. The Kier molecular flexibility index (Phi) is 5.42. The highest BCUT2D eigenvalue weighted by atomic mass is 32.2. The Morgan fingerprint density at radius 1 is 1.36 bits per heavy atom. The van der Waals surface area contributed by atoms with Gasteiger partial charge in [-0.05, 0) is 12.1 Å². The largest absolute Gasteiger partial charge is 0.495 e. The number of methoxy groups -OCH3 is 1. The highest BCUT2D eigenvalue weighted by molar-refractivity contribution is 7.99. The summed E-state index contributed by atoms with van der Waals surface area (Å²) in [5.74, 6) is 0.399. The standard InChI is InChI=1S/C14H16N4O3S/c1-15-13(20)17-12(19)9-22-14-16-7-8-18(14)10-5-3-4-6-11(10)21-2/h3-8H,9H2,1-2H3,(H2,15,17,19,20). The van der Waals surface area contributed by atoms with Crippen molar-refractivity contribution < 1.29 is 14.3 Å². The van der Waals surface area contributed by atoms with E-state index in [9.17, 15) is 9.59 Å². The molecule has 0 spiro atoms. The Morgan fingerprint density at radius 3 is 2.86 bits per heavy atom. The third-order valence-corrected chi connectivity index (χ3v) is 3.73. The minimum absolute atomic E-state index is 0.0829. The third kappa shape index (κ3) is 3.79. The van der Waals surface area contributed by atoms with E-state index in [1.807, 2.05) is 28.8 Å². The summed E-state index contributed by atoms with van der Waals surface area (Å²) in [7, 11) is 3.05. The van der Waals surface area contributed by atoms with Gasteiger partial charge in [-0.1, -0.05) is 23.9 Å². The van der Waals surface area contributed by atoms with Gasteiger partial charge in [0.15, 0.2) is 5.16 Å². The van der Waals surface area contributed by atoms with E-state index in [2.05, 4.69) is 15.6 Å². The number of imide groups is 1. The summed E-state index contributed by atoms with van der Waals surface area (Å²) in [6.07, 6.45) is 3.43. The third-order valence-electron chi connectivity index (χ3n) is 2.76. The summed E-state index contributed by atoms with van der Waals surface area (Å²) in [6.45, 7) is 0. The van der Waals surface area contributed by atoms with E-state index < -0.39 is 6.03 Å². The first-order valence-electron chi connectivity index (χ1n) is 6.46. The second kappa shape index (κ2) is 7.51. The van der Waals surface area contributed by atoms with Crippen LogP contribution in [0, 0.1) is 0 Å². The Bertz CT molecular complexity index is 672. The van der Waals surface area contributed by atoms with Gasteiger partial charge in [-0.15, -0.1) is 0 Å². The van der Waals surface area contributed by atoms with Gasteiger partial charge in [0.25, 0.3) is 0 Å². The molecule has 3 amide bonds. The first-order valence-corrected chi connectivity index (χ1v) is 7.45. The normalized spacial score (nSPS) is 10.1. The van der Waals surface area contributed by atoms with Crippen molar-refractivity contribution in [2.24, 2.45) is 0 Å². The lowest BCUT2D eigenvalue weighted by atomic mass is 10.3. The first kappa shape index (κ1) is 15.9. The van der Waals surface area contributed by atoms with E-state index in [1.54, 1.807) is 19.5 Å². The lowest BCUT2D eigenvalue weighted by Crippen LogP contribution is -2.38. The van der Waals surface area contributed by atoms with Crippen molar-refractivity contribution in [3.8, 4) is 11.4 Å². The highest BCUT2D eigenvalue weighted by Gasteiger charge is 2.12. The van der Waals surface area contributed by atoms with Crippen molar-refractivity contribution in [1.29, 1.82) is 0 Å². The van der Waals surface area contributed by atoms with Crippen LogP contribution < -0.4 is 15.4 Å². The smallest absolute Gasteiger partial charge is 0.321 e. The average Bonchev–Trinajstić information content (AvgIpc) is 3.01. The summed E-state index contributed by atoms with van der Waals surface area (Å²) in [5.41, 5.74) is 0.830. The zero-order chi connectivity index (χ0) is 15.9. The molecule has 0 aliphatic rings. The van der Waals surface area contributed by atoms with E-state index in [1.165, 1.54) is 18.8 Å². The maximum Gasteiger partial charge on any atom is 0.321 e. The van der Waals surface area contributed by atoms with Gasteiger partial charge in [0, 0.05) is 19.4 Å². The molecular formula is C14H16N4O3S. The lowest BCUT2D eigenvalue weighted by molar-refractivity contribution is -0.117. The minimum atomic E-state index is -0.529. The second-order valence-corrected chi connectivity index (χ2v) is 5.11. The Balaban J connectivity index is 2.10. The number of nitrogens with zero attached hydrogens (tertiary/aromatic N) is 2. The first-order chi connectivity index (χ1) is 10.7. The maximum absolute atomic E-state index is 11.6. The molecule has 1 heterocycles. The molecule has 2 aromatic rings. The number of aromatic nitrogens is 2. The van der Waals surface area contributed by atoms with Gasteiger partial charge >= 0.3 is 6.03 Å². The van der Waals surface area contributed by atoms with Crippen LogP contribution in [-0.2, 0) is 4.79 Å². The van der Waals surface area contributed by atoms with Crippen molar-refractivity contribution >= 4 is 23.7 Å². The number of amides is 3. The van der Waals surface area contributed by atoms with E-state index in [4.69, 9.17) is 4.74 Å². The van der Waals surface area contributed by atoms with Crippen LogP contribution in [0.5, 0.6) is 5.75 Å². The SMILES string of the molecule is CNC(=O)NC(=O)CSc1nccn1-c1ccccc1OC. The molecule has 0 radical (unpaired) electrons. The summed E-state index contributed by atoms with van der Waals surface area (Å²) in [6, 6.07) is 6.99. The zero-order valence-corrected chi connectivity index (χ0v) is 13.0. The summed E-state index contributed by atoms with van der Waals surface area (Å²) in [5, 5.41) is 5.16. The monoisotopic (exact) mass is 320 g/mol. The number of nitrogens with one attached hydrogen (secondary N) is 2. The predicted octanol–water partition coefficient (Wildman–Crippen LogP) is 1.43. The van der Waals surface area contributed by atoms with Crippen LogP contribution in [-0.4, -0.2) is 41.4 Å². The molecule has 1 aromatic carbocycles. The Morgan fingerprint density at radius 2 is 2.14 bits per heavy atom. The number of rotatable bonds is 5. The van der Waals surface area contributed by atoms with Crippen LogP contribution >= 0.6 is 11.8 Å². The van der Waals surface area contributed by atoms with Crippen molar-refractivity contribution in [2.75, 3.05) is 19.9 Å². The molecule has 0 saturated heterocycles. The fourth-order valence-corrected chi connectivity index (χ4v) is 2.53. The van der Waals surface area contributed by atoms with Crippen molar-refractivity contribution in [2.45, 2.75) is 5.16 Å². The zero-order valence-electron chi connectivity index (χ0n) is 12.2. The number of hydrogen-bond acceptors (Lipinski definition) is 5. The summed E-state index contributed by atoms with van der Waals surface area (Å²) in [4.78, 5) is 26.9. The molecule has 8 heteroatoms. The molecule has 0 unspecified atom stereocenters. The number of para-hydroxylation sites is 2. The Labute approximate surface area is 132 Å². The van der Waals surface area contributed by atoms with Gasteiger partial charge < -0.3 is 10.1 Å². The maximum atomic E-state index is 11.6. The van der Waals surface area contributed by atoms with Gasteiger partial charge in [0.05, 0.1) is 18.6 Å². The van der Waals surface area contributed by atoms with Crippen LogP contribution in [0.1, 0.15) is 0 Å². The molecule has 0 saturated carbocycles. The number of carbonyl (C=O) groups excluding carboxylic acids is 2. The summed E-state index contributed by atoms with van der Waals surface area (Å²) < 4.78 is 7.16. The number of hydrogen-bond donors (Lipinski definition) is 2. The minimum Gasteiger partial charge on any atom is -0.495 e. The van der Waals surface area contributed by atoms with Gasteiger partial charge in [-0.3, -0.25) is 14.7 Å². The molecule has 7 nitrogen and oxygen atoms in total. The number of urea groups is 1. The molecule has 2 rings (SSSR count). The van der Waals surface area contributed by atoms with E-state index in [-0.39, 0.29) is 11.7 Å². The van der Waals surface area contributed by atoms with E-state index in [0.29, 0.717) is 10.9 Å². The van der Waals surface area contributed by atoms with Crippen LogP contribution in [0.2, 0.25) is 0 Å².